The van der Waals surface area contributed by atoms with Gasteiger partial charge in [-0.05, 0) is 24.6 Å². The number of β-amino-alcohol motifs (C(OH)–C–C–N with tert-alkyl or cyclic N) is 1. The van der Waals surface area contributed by atoms with Crippen molar-refractivity contribution >= 4 is 21.8 Å². The molecule has 0 unspecified atom stereocenters. The van der Waals surface area contributed by atoms with Crippen molar-refractivity contribution in [1.29, 1.82) is 0 Å². The van der Waals surface area contributed by atoms with Crippen LogP contribution in [0.15, 0.2) is 34.8 Å². The summed E-state index contributed by atoms with van der Waals surface area (Å²) in [6.45, 7) is 0.700. The number of aromatic amines is 1. The van der Waals surface area contributed by atoms with Gasteiger partial charge >= 0.3 is 0 Å². The number of carbonyl (C=O) groups is 1. The Hall–Kier alpha value is -1.70. The van der Waals surface area contributed by atoms with E-state index in [4.69, 9.17) is 5.11 Å². The molecule has 1 fully saturated rings. The van der Waals surface area contributed by atoms with E-state index in [0.29, 0.717) is 24.4 Å². The second kappa shape index (κ2) is 6.82. The molecule has 1 amide bonds. The second-order valence-corrected chi connectivity index (χ2v) is 6.64. The normalized spacial score (nSPS) is 21.4. The molecular weight excluding hydrogens is 362 g/mol. The first-order valence-electron chi connectivity index (χ1n) is 7.48. The van der Waals surface area contributed by atoms with Crippen LogP contribution in [0.2, 0.25) is 0 Å². The van der Waals surface area contributed by atoms with Gasteiger partial charge in [-0.25, -0.2) is 0 Å². The molecule has 23 heavy (non-hydrogen) atoms. The van der Waals surface area contributed by atoms with Crippen LogP contribution in [-0.4, -0.2) is 57.0 Å². The van der Waals surface area contributed by atoms with Crippen LogP contribution < -0.4 is 0 Å². The number of likely N-dealkylation sites (tertiary alicyclic amines) is 1. The zero-order valence-electron chi connectivity index (χ0n) is 12.4. The third-order valence-electron chi connectivity index (χ3n) is 4.19. The zero-order valence-corrected chi connectivity index (χ0v) is 14.0. The maximum Gasteiger partial charge on any atom is 0.271 e. The van der Waals surface area contributed by atoms with E-state index in [-0.39, 0.29) is 25.0 Å². The van der Waals surface area contributed by atoms with Gasteiger partial charge in [0.25, 0.3) is 5.91 Å². The van der Waals surface area contributed by atoms with Crippen LogP contribution in [0.3, 0.4) is 0 Å². The summed E-state index contributed by atoms with van der Waals surface area (Å²) in [5, 5.41) is 26.1. The molecule has 2 atom stereocenters. The molecule has 7 heteroatoms. The smallest absolute Gasteiger partial charge is 0.271 e. The fourth-order valence-electron chi connectivity index (χ4n) is 2.75. The van der Waals surface area contributed by atoms with Gasteiger partial charge < -0.3 is 15.1 Å². The number of nitrogens with zero attached hydrogens (tertiary/aromatic N) is 2. The Bertz CT molecular complexity index is 686. The van der Waals surface area contributed by atoms with Gasteiger partial charge in [-0.3, -0.25) is 9.89 Å². The summed E-state index contributed by atoms with van der Waals surface area (Å²) in [6, 6.07) is 9.40. The molecule has 3 N–H and O–H groups in total. The molecule has 1 aromatic carbocycles. The number of benzene rings is 1. The Morgan fingerprint density at radius 2 is 2.13 bits per heavy atom. The molecule has 0 radical (unpaired) electrons. The molecule has 0 bridgehead atoms. The van der Waals surface area contributed by atoms with Crippen molar-refractivity contribution in [2.24, 2.45) is 5.92 Å². The summed E-state index contributed by atoms with van der Waals surface area (Å²) in [5.74, 6) is -0.338. The van der Waals surface area contributed by atoms with Crippen LogP contribution in [0.1, 0.15) is 16.9 Å². The van der Waals surface area contributed by atoms with Gasteiger partial charge in [0.2, 0.25) is 0 Å². The molecule has 0 spiro atoms. The highest BCUT2D eigenvalue weighted by Crippen LogP contribution is 2.22. The van der Waals surface area contributed by atoms with Crippen LogP contribution in [-0.2, 0) is 0 Å². The van der Waals surface area contributed by atoms with Crippen LogP contribution >= 0.6 is 15.9 Å². The Labute approximate surface area is 142 Å². The van der Waals surface area contributed by atoms with Crippen molar-refractivity contribution in [3.63, 3.8) is 0 Å². The number of aromatic nitrogens is 2. The number of piperidine rings is 1. The van der Waals surface area contributed by atoms with Crippen molar-refractivity contribution in [2.75, 3.05) is 19.7 Å². The number of carbonyl (C=O) groups excluding carboxylic acids is 1. The average molecular weight is 380 g/mol. The minimum absolute atomic E-state index is 0.0546. The molecule has 1 aliphatic heterocycles. The third-order valence-corrected chi connectivity index (χ3v) is 4.72. The number of nitrogens with one attached hydrogen (secondary N) is 1. The van der Waals surface area contributed by atoms with Gasteiger partial charge in [0.05, 0.1) is 11.8 Å². The lowest BCUT2D eigenvalue weighted by Crippen LogP contribution is -2.47. The maximum absolute atomic E-state index is 12.5. The lowest BCUT2D eigenvalue weighted by atomic mass is 9.94. The summed E-state index contributed by atoms with van der Waals surface area (Å²) < 4.78 is 0.980. The van der Waals surface area contributed by atoms with Crippen molar-refractivity contribution in [3.8, 4) is 11.3 Å². The highest BCUT2D eigenvalue weighted by Gasteiger charge is 2.30. The van der Waals surface area contributed by atoms with Gasteiger partial charge in [0.1, 0.15) is 5.69 Å². The number of hydrogen-bond acceptors (Lipinski definition) is 4. The molecule has 0 saturated carbocycles. The largest absolute Gasteiger partial charge is 0.396 e. The van der Waals surface area contributed by atoms with Crippen molar-refractivity contribution in [1.82, 2.24) is 15.1 Å². The predicted molar refractivity (Wildman–Crippen MR) is 88.8 cm³/mol. The highest BCUT2D eigenvalue weighted by atomic mass is 79.9. The standard InChI is InChI=1S/C16H18BrN3O3/c17-12-3-1-10(2-4-12)13-7-14(19-18-13)16(23)20-6-5-11(9-21)15(22)8-20/h1-4,7,11,15,21-22H,5-6,8-9H2,(H,18,19)/t11-,15-/m0/s1. The van der Waals surface area contributed by atoms with Crippen LogP contribution in [0.25, 0.3) is 11.3 Å². The third kappa shape index (κ3) is 3.46. The summed E-state index contributed by atoms with van der Waals surface area (Å²) >= 11 is 3.38. The topological polar surface area (TPSA) is 89.5 Å². The molecular formula is C16H18BrN3O3. The minimum atomic E-state index is -0.688. The van der Waals surface area contributed by atoms with Crippen LogP contribution in [0, 0.1) is 5.92 Å². The lowest BCUT2D eigenvalue weighted by molar-refractivity contribution is 0.000657. The number of aliphatic hydroxyl groups excluding tert-OH is 2. The van der Waals surface area contributed by atoms with E-state index in [1.54, 1.807) is 11.0 Å². The van der Waals surface area contributed by atoms with Gasteiger partial charge in [-0.2, -0.15) is 5.10 Å². The van der Waals surface area contributed by atoms with Crippen molar-refractivity contribution in [3.05, 3.63) is 40.5 Å². The quantitative estimate of drug-likeness (QED) is 0.756. The van der Waals surface area contributed by atoms with E-state index in [0.717, 1.165) is 10.0 Å². The molecule has 122 valence electrons. The monoisotopic (exact) mass is 379 g/mol. The molecule has 6 nitrogen and oxygen atoms in total. The van der Waals surface area contributed by atoms with E-state index < -0.39 is 6.10 Å². The average Bonchev–Trinajstić information content (AvgIpc) is 3.04. The van der Waals surface area contributed by atoms with Gasteiger partial charge in [-0.1, -0.05) is 28.1 Å². The van der Waals surface area contributed by atoms with E-state index in [1.807, 2.05) is 24.3 Å². The zero-order chi connectivity index (χ0) is 16.4. The van der Waals surface area contributed by atoms with Crippen LogP contribution in [0.5, 0.6) is 0 Å². The van der Waals surface area contributed by atoms with E-state index in [1.165, 1.54) is 0 Å². The van der Waals surface area contributed by atoms with Gasteiger partial charge in [0, 0.05) is 35.7 Å². The number of rotatable bonds is 3. The Morgan fingerprint density at radius 3 is 2.78 bits per heavy atom. The first-order valence-corrected chi connectivity index (χ1v) is 8.27. The molecule has 2 heterocycles. The first-order chi connectivity index (χ1) is 11.1. The van der Waals surface area contributed by atoms with Crippen LogP contribution in [0.4, 0.5) is 0 Å². The molecule has 1 aliphatic rings. The second-order valence-electron chi connectivity index (χ2n) is 5.72. The molecule has 1 saturated heterocycles. The first kappa shape index (κ1) is 16.2. The summed E-state index contributed by atoms with van der Waals surface area (Å²) in [6.07, 6.45) is -0.0940. The minimum Gasteiger partial charge on any atom is -0.396 e. The van der Waals surface area contributed by atoms with E-state index in [9.17, 15) is 9.90 Å². The summed E-state index contributed by atoms with van der Waals surface area (Å²) in [4.78, 5) is 14.1. The molecule has 2 aromatic rings. The number of aliphatic hydroxyl groups is 2. The number of H-pyrrole nitrogens is 1. The number of amides is 1. The SMILES string of the molecule is O=C(c1cc(-c2ccc(Br)cc2)n[nH]1)N1CC[C@@H](CO)[C@@H](O)C1. The Balaban J connectivity index is 1.73. The van der Waals surface area contributed by atoms with E-state index >= 15 is 0 Å². The van der Waals surface area contributed by atoms with Gasteiger partial charge in [-0.15, -0.1) is 0 Å². The highest BCUT2D eigenvalue weighted by molar-refractivity contribution is 9.10. The van der Waals surface area contributed by atoms with E-state index in [2.05, 4.69) is 26.1 Å². The Kier molecular flexibility index (Phi) is 4.79. The predicted octanol–water partition coefficient (Wildman–Crippen LogP) is 1.65. The lowest BCUT2D eigenvalue weighted by Gasteiger charge is -2.34. The maximum atomic E-state index is 12.5. The fraction of sp³-hybridized carbons (Fsp3) is 0.375. The summed E-state index contributed by atoms with van der Waals surface area (Å²) in [7, 11) is 0. The summed E-state index contributed by atoms with van der Waals surface area (Å²) in [5.41, 5.74) is 2.02. The van der Waals surface area contributed by atoms with Gasteiger partial charge in [0.15, 0.2) is 0 Å². The molecule has 0 aliphatic carbocycles. The van der Waals surface area contributed by atoms with Crippen molar-refractivity contribution < 1.29 is 15.0 Å². The fourth-order valence-corrected chi connectivity index (χ4v) is 3.01. The Morgan fingerprint density at radius 1 is 1.39 bits per heavy atom. The number of hydrogen-bond donors (Lipinski definition) is 3. The molecule has 3 rings (SSSR count). The molecule has 1 aromatic heterocycles. The van der Waals surface area contributed by atoms with Crippen molar-refractivity contribution in [2.45, 2.75) is 12.5 Å². The number of halogens is 1.